The number of methoxy groups -OCH3 is 2. The fraction of sp³-hybridized carbons (Fsp3) is 0.625. The van der Waals surface area contributed by atoms with Gasteiger partial charge >= 0.3 is 0 Å². The molecule has 0 fully saturated rings. The van der Waals surface area contributed by atoms with Gasteiger partial charge in [0.05, 0.1) is 14.2 Å². The maximum absolute atomic E-state index is 5.35. The third kappa shape index (κ3) is 4.75. The smallest absolute Gasteiger partial charge is 0.160 e. The van der Waals surface area contributed by atoms with Crippen LogP contribution in [0.3, 0.4) is 0 Å². The van der Waals surface area contributed by atoms with Gasteiger partial charge in [-0.25, -0.2) is 0 Å². The molecule has 1 atom stereocenters. The second-order valence-corrected chi connectivity index (χ2v) is 5.20. The van der Waals surface area contributed by atoms with Gasteiger partial charge < -0.3 is 14.8 Å². The van der Waals surface area contributed by atoms with Crippen molar-refractivity contribution in [3.63, 3.8) is 0 Å². The minimum atomic E-state index is 0.498. The first-order chi connectivity index (χ1) is 9.12. The van der Waals surface area contributed by atoms with Crippen molar-refractivity contribution in [3.05, 3.63) is 23.8 Å². The summed E-state index contributed by atoms with van der Waals surface area (Å²) in [6.45, 7) is 7.78. The Morgan fingerprint density at radius 3 is 2.32 bits per heavy atom. The summed E-state index contributed by atoms with van der Waals surface area (Å²) in [6, 6.07) is 6.66. The Bertz CT molecular complexity index is 377. The van der Waals surface area contributed by atoms with Crippen molar-refractivity contribution in [2.24, 2.45) is 5.92 Å². The number of ether oxygens (including phenoxy) is 2. The Morgan fingerprint density at radius 1 is 1.11 bits per heavy atom. The Morgan fingerprint density at radius 2 is 1.79 bits per heavy atom. The van der Waals surface area contributed by atoms with E-state index < -0.39 is 0 Å². The summed E-state index contributed by atoms with van der Waals surface area (Å²) in [5.41, 5.74) is 1.28. The molecule has 0 radical (unpaired) electrons. The molecule has 0 aromatic heterocycles. The van der Waals surface area contributed by atoms with Crippen LogP contribution in [0.2, 0.25) is 0 Å². The van der Waals surface area contributed by atoms with E-state index in [1.165, 1.54) is 5.56 Å². The fourth-order valence-corrected chi connectivity index (χ4v) is 2.13. The van der Waals surface area contributed by atoms with Crippen LogP contribution in [0.5, 0.6) is 11.5 Å². The molecule has 0 aliphatic carbocycles. The average molecular weight is 265 g/mol. The predicted octanol–water partition coefficient (Wildman–Crippen LogP) is 3.27. The highest BCUT2D eigenvalue weighted by molar-refractivity contribution is 5.43. The topological polar surface area (TPSA) is 30.5 Å². The van der Waals surface area contributed by atoms with Crippen LogP contribution >= 0.6 is 0 Å². The molecule has 0 heterocycles. The van der Waals surface area contributed by atoms with E-state index >= 15 is 0 Å². The van der Waals surface area contributed by atoms with Crippen molar-refractivity contribution < 1.29 is 9.47 Å². The molecule has 3 heteroatoms. The molecule has 1 rings (SSSR count). The summed E-state index contributed by atoms with van der Waals surface area (Å²) in [4.78, 5) is 0. The van der Waals surface area contributed by atoms with Crippen molar-refractivity contribution >= 4 is 0 Å². The quantitative estimate of drug-likeness (QED) is 0.782. The van der Waals surface area contributed by atoms with Gasteiger partial charge in [-0.05, 0) is 43.0 Å². The molecule has 0 saturated heterocycles. The zero-order valence-electron chi connectivity index (χ0n) is 12.8. The maximum atomic E-state index is 5.35. The van der Waals surface area contributed by atoms with Gasteiger partial charge in [0.1, 0.15) is 0 Å². The average Bonchev–Trinajstić information content (AvgIpc) is 2.42. The molecule has 0 saturated carbocycles. The summed E-state index contributed by atoms with van der Waals surface area (Å²) in [6.07, 6.45) is 2.17. The van der Waals surface area contributed by atoms with Gasteiger partial charge in [0, 0.05) is 6.04 Å². The molecule has 0 aliphatic heterocycles. The molecule has 1 N–H and O–H groups in total. The predicted molar refractivity (Wildman–Crippen MR) is 80.2 cm³/mol. The number of hydrogen-bond acceptors (Lipinski definition) is 3. The van der Waals surface area contributed by atoms with Gasteiger partial charge in [-0.3, -0.25) is 0 Å². The van der Waals surface area contributed by atoms with Crippen LogP contribution in [0.15, 0.2) is 18.2 Å². The van der Waals surface area contributed by atoms with Crippen molar-refractivity contribution in [3.8, 4) is 11.5 Å². The van der Waals surface area contributed by atoms with E-state index in [0.29, 0.717) is 12.0 Å². The number of rotatable bonds is 8. The van der Waals surface area contributed by atoms with Crippen LogP contribution in [-0.2, 0) is 6.42 Å². The monoisotopic (exact) mass is 265 g/mol. The van der Waals surface area contributed by atoms with Crippen molar-refractivity contribution in [1.29, 1.82) is 0 Å². The first-order valence-corrected chi connectivity index (χ1v) is 7.06. The summed E-state index contributed by atoms with van der Waals surface area (Å²) in [5, 5.41) is 3.61. The zero-order chi connectivity index (χ0) is 14.3. The molecule has 0 aliphatic rings. The van der Waals surface area contributed by atoms with Crippen molar-refractivity contribution in [1.82, 2.24) is 5.32 Å². The normalized spacial score (nSPS) is 12.5. The minimum Gasteiger partial charge on any atom is -0.493 e. The van der Waals surface area contributed by atoms with E-state index in [0.717, 1.165) is 30.9 Å². The highest BCUT2D eigenvalue weighted by atomic mass is 16.5. The maximum Gasteiger partial charge on any atom is 0.160 e. The van der Waals surface area contributed by atoms with Crippen LogP contribution in [-0.4, -0.2) is 26.8 Å². The van der Waals surface area contributed by atoms with Gasteiger partial charge in [-0.1, -0.05) is 26.8 Å². The lowest BCUT2D eigenvalue weighted by Crippen LogP contribution is -2.36. The summed E-state index contributed by atoms with van der Waals surface area (Å²) >= 11 is 0. The van der Waals surface area contributed by atoms with Gasteiger partial charge in [-0.2, -0.15) is 0 Å². The zero-order valence-corrected chi connectivity index (χ0v) is 12.8. The molecule has 3 nitrogen and oxygen atoms in total. The Balaban J connectivity index is 2.78. The minimum absolute atomic E-state index is 0.498. The summed E-state index contributed by atoms with van der Waals surface area (Å²) < 4.78 is 10.6. The molecule has 108 valence electrons. The first-order valence-electron chi connectivity index (χ1n) is 7.06. The highest BCUT2D eigenvalue weighted by Gasteiger charge is 2.14. The van der Waals surface area contributed by atoms with E-state index in [4.69, 9.17) is 9.47 Å². The second-order valence-electron chi connectivity index (χ2n) is 5.20. The largest absolute Gasteiger partial charge is 0.493 e. The van der Waals surface area contributed by atoms with E-state index in [2.05, 4.69) is 38.2 Å². The van der Waals surface area contributed by atoms with Crippen LogP contribution < -0.4 is 14.8 Å². The third-order valence-corrected chi connectivity index (χ3v) is 3.36. The van der Waals surface area contributed by atoms with Crippen LogP contribution in [0, 0.1) is 5.92 Å². The van der Waals surface area contributed by atoms with E-state index in [1.807, 2.05) is 6.07 Å². The highest BCUT2D eigenvalue weighted by Crippen LogP contribution is 2.28. The fourth-order valence-electron chi connectivity index (χ4n) is 2.13. The lowest BCUT2D eigenvalue weighted by atomic mass is 9.96. The third-order valence-electron chi connectivity index (χ3n) is 3.36. The molecule has 1 unspecified atom stereocenters. The van der Waals surface area contributed by atoms with Gasteiger partial charge in [0.15, 0.2) is 11.5 Å². The van der Waals surface area contributed by atoms with E-state index in [9.17, 15) is 0 Å². The Labute approximate surface area is 117 Å². The molecular weight excluding hydrogens is 238 g/mol. The van der Waals surface area contributed by atoms with Crippen LogP contribution in [0.1, 0.15) is 32.8 Å². The first kappa shape index (κ1) is 15.8. The van der Waals surface area contributed by atoms with Gasteiger partial charge in [0.25, 0.3) is 0 Å². The van der Waals surface area contributed by atoms with Gasteiger partial charge in [0.2, 0.25) is 0 Å². The lowest BCUT2D eigenvalue weighted by Gasteiger charge is -2.23. The van der Waals surface area contributed by atoms with E-state index in [-0.39, 0.29) is 0 Å². The Hall–Kier alpha value is -1.22. The molecule has 1 aromatic carbocycles. The lowest BCUT2D eigenvalue weighted by molar-refractivity contribution is 0.353. The number of hydrogen-bond donors (Lipinski definition) is 1. The van der Waals surface area contributed by atoms with Gasteiger partial charge in [-0.15, -0.1) is 0 Å². The summed E-state index contributed by atoms with van der Waals surface area (Å²) in [5.74, 6) is 2.20. The van der Waals surface area contributed by atoms with Crippen LogP contribution in [0.4, 0.5) is 0 Å². The standard InChI is InChI=1S/C16H27NO2/c1-6-9-17-14(12(2)3)10-13-7-8-15(18-4)16(11-13)19-5/h7-8,11-12,14,17H,6,9-10H2,1-5H3. The van der Waals surface area contributed by atoms with Crippen molar-refractivity contribution in [2.75, 3.05) is 20.8 Å². The Kier molecular flexibility index (Phi) is 6.71. The number of nitrogens with one attached hydrogen (secondary N) is 1. The molecular formula is C16H27NO2. The van der Waals surface area contributed by atoms with Crippen LogP contribution in [0.25, 0.3) is 0 Å². The molecule has 0 amide bonds. The number of benzene rings is 1. The summed E-state index contributed by atoms with van der Waals surface area (Å²) in [7, 11) is 3.34. The molecule has 1 aromatic rings. The van der Waals surface area contributed by atoms with E-state index in [1.54, 1.807) is 14.2 Å². The molecule has 19 heavy (non-hydrogen) atoms. The SMILES string of the molecule is CCCNC(Cc1ccc(OC)c(OC)c1)C(C)C. The molecule has 0 bridgehead atoms. The molecule has 0 spiro atoms. The second kappa shape index (κ2) is 8.05. The van der Waals surface area contributed by atoms with Crippen molar-refractivity contribution in [2.45, 2.75) is 39.7 Å².